The van der Waals surface area contributed by atoms with E-state index in [9.17, 15) is 22.8 Å². The molecule has 24 heavy (non-hydrogen) atoms. The van der Waals surface area contributed by atoms with Gasteiger partial charge in [0, 0.05) is 7.05 Å². The van der Waals surface area contributed by atoms with Gasteiger partial charge in [0.05, 0.1) is 24.3 Å². The molecule has 2 rings (SSSR count). The first-order valence-electron chi connectivity index (χ1n) is 6.81. The van der Waals surface area contributed by atoms with Crippen LogP contribution in [0, 0.1) is 0 Å². The van der Waals surface area contributed by atoms with Crippen molar-refractivity contribution in [3.8, 4) is 0 Å². The van der Waals surface area contributed by atoms with E-state index in [0.29, 0.717) is 0 Å². The molecule has 0 spiro atoms. The molecule has 0 saturated heterocycles. The maximum absolute atomic E-state index is 12.9. The summed E-state index contributed by atoms with van der Waals surface area (Å²) in [5.74, 6) is -0.760. The molecule has 0 atom stereocenters. The van der Waals surface area contributed by atoms with E-state index in [0.717, 1.165) is 22.9 Å². The smallest absolute Gasteiger partial charge is 0.416 e. The van der Waals surface area contributed by atoms with E-state index in [1.54, 1.807) is 6.92 Å². The van der Waals surface area contributed by atoms with Crippen LogP contribution in [0.1, 0.15) is 28.4 Å². The predicted molar refractivity (Wildman–Crippen MR) is 81.7 cm³/mol. The zero-order chi connectivity index (χ0) is 18.1. The summed E-state index contributed by atoms with van der Waals surface area (Å²) in [5, 5.41) is 3.89. The maximum atomic E-state index is 12.9. The van der Waals surface area contributed by atoms with Crippen molar-refractivity contribution in [3.63, 3.8) is 0 Å². The van der Waals surface area contributed by atoms with Crippen molar-refractivity contribution in [2.24, 2.45) is 7.05 Å². The number of halogens is 4. The first-order chi connectivity index (χ1) is 11.1. The van der Waals surface area contributed by atoms with Crippen LogP contribution in [0.3, 0.4) is 0 Å². The predicted octanol–water partition coefficient (Wildman–Crippen LogP) is 2.59. The van der Waals surface area contributed by atoms with Gasteiger partial charge in [0.1, 0.15) is 0 Å². The van der Waals surface area contributed by atoms with Gasteiger partial charge in [0.2, 0.25) is 4.73 Å². The Labute approximate surface area is 143 Å². The Bertz CT molecular complexity index is 827. The van der Waals surface area contributed by atoms with Crippen molar-refractivity contribution in [1.82, 2.24) is 14.3 Å². The van der Waals surface area contributed by atoms with Crippen molar-refractivity contribution in [3.05, 3.63) is 50.1 Å². The molecule has 0 amide bonds. The van der Waals surface area contributed by atoms with Crippen LogP contribution in [0.25, 0.3) is 0 Å². The minimum atomic E-state index is -4.57. The summed E-state index contributed by atoms with van der Waals surface area (Å²) in [5.41, 5.74) is -1.50. The first kappa shape index (κ1) is 18.2. The van der Waals surface area contributed by atoms with Gasteiger partial charge in [-0.3, -0.25) is 4.57 Å². The number of aromatic nitrogens is 3. The van der Waals surface area contributed by atoms with Crippen molar-refractivity contribution < 1.29 is 22.7 Å². The van der Waals surface area contributed by atoms with Crippen LogP contribution in [0.5, 0.6) is 0 Å². The number of ether oxygens (including phenoxy) is 1. The third-order valence-electron chi connectivity index (χ3n) is 3.24. The van der Waals surface area contributed by atoms with Crippen LogP contribution in [0.2, 0.25) is 0 Å². The molecule has 0 N–H and O–H groups in total. The second kappa shape index (κ2) is 6.80. The molecule has 0 saturated carbocycles. The van der Waals surface area contributed by atoms with Gasteiger partial charge in [-0.15, -0.1) is 5.10 Å². The fraction of sp³-hybridized carbons (Fsp3) is 0.357. The monoisotopic (exact) mass is 407 g/mol. The number of carbonyl (C=O) groups excluding carboxylic acids is 1. The standard InChI is InChI=1S/C14H13BrF3N3O3/c1-3-24-11(22)10-5-4-9(14(16,17)18)6-8(10)7-21-13(23)20(2)12(15)19-21/h4-6H,3,7H2,1-2H3. The van der Waals surface area contributed by atoms with Crippen LogP contribution in [-0.4, -0.2) is 26.9 Å². The zero-order valence-electron chi connectivity index (χ0n) is 12.7. The number of rotatable bonds is 4. The van der Waals surface area contributed by atoms with Gasteiger partial charge in [-0.05, 0) is 46.6 Å². The topological polar surface area (TPSA) is 66.1 Å². The van der Waals surface area contributed by atoms with E-state index in [2.05, 4.69) is 21.0 Å². The lowest BCUT2D eigenvalue weighted by atomic mass is 10.0. The van der Waals surface area contributed by atoms with Crippen LogP contribution in [-0.2, 0) is 24.5 Å². The number of nitrogens with zero attached hydrogens (tertiary/aromatic N) is 3. The van der Waals surface area contributed by atoms with Crippen LogP contribution < -0.4 is 5.69 Å². The van der Waals surface area contributed by atoms with E-state index >= 15 is 0 Å². The molecule has 0 fully saturated rings. The van der Waals surface area contributed by atoms with Gasteiger partial charge in [-0.25, -0.2) is 14.3 Å². The molecule has 1 aromatic carbocycles. The lowest BCUT2D eigenvalue weighted by molar-refractivity contribution is -0.137. The summed E-state index contributed by atoms with van der Waals surface area (Å²) < 4.78 is 46.0. The lowest BCUT2D eigenvalue weighted by Crippen LogP contribution is -2.25. The van der Waals surface area contributed by atoms with Crippen molar-refractivity contribution in [2.75, 3.05) is 6.61 Å². The Kier molecular flexibility index (Phi) is 5.16. The molecule has 6 nitrogen and oxygen atoms in total. The van der Waals surface area contributed by atoms with Gasteiger partial charge in [0.25, 0.3) is 0 Å². The number of carbonyl (C=O) groups is 1. The highest BCUT2D eigenvalue weighted by Gasteiger charge is 2.31. The Morgan fingerprint density at radius 3 is 2.54 bits per heavy atom. The molecule has 0 aliphatic rings. The number of hydrogen-bond donors (Lipinski definition) is 0. The normalized spacial score (nSPS) is 11.6. The molecule has 1 aromatic heterocycles. The molecule has 0 unspecified atom stereocenters. The largest absolute Gasteiger partial charge is 0.462 e. The highest BCUT2D eigenvalue weighted by Crippen LogP contribution is 2.31. The summed E-state index contributed by atoms with van der Waals surface area (Å²) in [7, 11) is 1.45. The summed E-state index contributed by atoms with van der Waals surface area (Å²) in [4.78, 5) is 23.9. The van der Waals surface area contributed by atoms with Gasteiger partial charge >= 0.3 is 17.8 Å². The highest BCUT2D eigenvalue weighted by atomic mass is 79.9. The fourth-order valence-electron chi connectivity index (χ4n) is 2.03. The zero-order valence-corrected chi connectivity index (χ0v) is 14.3. The second-order valence-corrected chi connectivity index (χ2v) is 5.57. The van der Waals surface area contributed by atoms with Crippen molar-refractivity contribution in [2.45, 2.75) is 19.6 Å². The van der Waals surface area contributed by atoms with Crippen molar-refractivity contribution >= 4 is 21.9 Å². The maximum Gasteiger partial charge on any atom is 0.416 e. The summed E-state index contributed by atoms with van der Waals surface area (Å²) >= 11 is 3.06. The van der Waals surface area contributed by atoms with Gasteiger partial charge < -0.3 is 4.74 Å². The summed E-state index contributed by atoms with van der Waals surface area (Å²) in [6.45, 7) is 1.37. The molecule has 130 valence electrons. The lowest BCUT2D eigenvalue weighted by Gasteiger charge is -2.12. The quantitative estimate of drug-likeness (QED) is 0.730. The summed E-state index contributed by atoms with van der Waals surface area (Å²) in [6.07, 6.45) is -4.57. The molecule has 0 bridgehead atoms. The molecule has 0 radical (unpaired) electrons. The van der Waals surface area contributed by atoms with E-state index in [-0.39, 0.29) is 29.0 Å². The van der Waals surface area contributed by atoms with Crippen LogP contribution >= 0.6 is 15.9 Å². The Balaban J connectivity index is 2.53. The SMILES string of the molecule is CCOC(=O)c1ccc(C(F)(F)F)cc1Cn1nc(Br)n(C)c1=O. The Morgan fingerprint density at radius 1 is 1.38 bits per heavy atom. The van der Waals surface area contributed by atoms with Crippen molar-refractivity contribution in [1.29, 1.82) is 0 Å². The van der Waals surface area contributed by atoms with E-state index in [1.165, 1.54) is 11.6 Å². The molecule has 1 heterocycles. The number of hydrogen-bond acceptors (Lipinski definition) is 4. The number of esters is 1. The molecule has 0 aliphatic carbocycles. The van der Waals surface area contributed by atoms with Crippen LogP contribution in [0.4, 0.5) is 13.2 Å². The molecular weight excluding hydrogens is 395 g/mol. The molecule has 2 aromatic rings. The Morgan fingerprint density at radius 2 is 2.04 bits per heavy atom. The Hall–Kier alpha value is -2.10. The van der Waals surface area contributed by atoms with Gasteiger partial charge in [-0.2, -0.15) is 13.2 Å². The second-order valence-electron chi connectivity index (χ2n) is 4.86. The van der Waals surface area contributed by atoms with Gasteiger partial charge in [-0.1, -0.05) is 0 Å². The minimum absolute atomic E-state index is 0.00373. The van der Waals surface area contributed by atoms with Gasteiger partial charge in [0.15, 0.2) is 0 Å². The number of alkyl halides is 3. The highest BCUT2D eigenvalue weighted by molar-refractivity contribution is 9.10. The number of benzene rings is 1. The molecule has 0 aliphatic heterocycles. The summed E-state index contributed by atoms with van der Waals surface area (Å²) in [6, 6.07) is 2.66. The third-order valence-corrected chi connectivity index (χ3v) is 3.93. The van der Waals surface area contributed by atoms with E-state index in [4.69, 9.17) is 4.74 Å². The third kappa shape index (κ3) is 3.69. The van der Waals surface area contributed by atoms with E-state index in [1.807, 2.05) is 0 Å². The average Bonchev–Trinajstić information content (AvgIpc) is 2.74. The van der Waals surface area contributed by atoms with E-state index < -0.39 is 23.4 Å². The molecule has 10 heteroatoms. The van der Waals surface area contributed by atoms with Crippen LogP contribution in [0.15, 0.2) is 27.7 Å². The molecular formula is C14H13BrF3N3O3. The average molecular weight is 408 g/mol. The first-order valence-corrected chi connectivity index (χ1v) is 7.61. The fourth-order valence-corrected chi connectivity index (χ4v) is 2.38. The minimum Gasteiger partial charge on any atom is -0.462 e.